The summed E-state index contributed by atoms with van der Waals surface area (Å²) in [6.07, 6.45) is 0. The molecule has 0 unspecified atom stereocenters. The Morgan fingerprint density at radius 1 is 1.03 bits per heavy atom. The van der Waals surface area contributed by atoms with Gasteiger partial charge in [0.2, 0.25) is 0 Å². The van der Waals surface area contributed by atoms with Crippen LogP contribution in [0.3, 0.4) is 0 Å². The smallest absolute Gasteiger partial charge is 0.349 e. The van der Waals surface area contributed by atoms with Gasteiger partial charge in [-0.1, -0.05) is 40.2 Å². The average Bonchev–Trinajstić information content (AvgIpc) is 2.85. The molecule has 1 amide bonds. The molecule has 0 aliphatic carbocycles. The third-order valence-corrected chi connectivity index (χ3v) is 5.75. The Morgan fingerprint density at radius 2 is 1.85 bits per heavy atom. The number of ether oxygens (including phenoxy) is 1. The fourth-order valence-electron chi connectivity index (χ4n) is 3.61. The van der Waals surface area contributed by atoms with Crippen LogP contribution in [0.1, 0.15) is 10.4 Å². The molecule has 5 aromatic rings. The average molecular weight is 518 g/mol. The maximum atomic E-state index is 13.4. The Morgan fingerprint density at radius 3 is 2.68 bits per heavy atom. The SMILES string of the molecule is COc1cccc(-c2nc3ccccc3c(=O)n2NC(=O)c2cc3cc(Br)ccc3oc2=O)c1. The maximum absolute atomic E-state index is 13.4. The van der Waals surface area contributed by atoms with Crippen LogP contribution in [0.5, 0.6) is 5.75 Å². The molecule has 8 nitrogen and oxygen atoms in total. The first-order valence-electron chi connectivity index (χ1n) is 10.2. The van der Waals surface area contributed by atoms with Gasteiger partial charge in [0.05, 0.1) is 18.0 Å². The van der Waals surface area contributed by atoms with Gasteiger partial charge >= 0.3 is 5.63 Å². The minimum Gasteiger partial charge on any atom is -0.497 e. The minimum absolute atomic E-state index is 0.184. The lowest BCUT2D eigenvalue weighted by Gasteiger charge is -2.15. The molecule has 3 aromatic carbocycles. The van der Waals surface area contributed by atoms with E-state index in [1.165, 1.54) is 13.2 Å². The van der Waals surface area contributed by atoms with Crippen LogP contribution < -0.4 is 21.3 Å². The zero-order valence-electron chi connectivity index (χ0n) is 17.7. The Balaban J connectivity index is 1.67. The first-order valence-corrected chi connectivity index (χ1v) is 10.9. The molecule has 2 heterocycles. The predicted molar refractivity (Wildman–Crippen MR) is 132 cm³/mol. The normalized spacial score (nSPS) is 11.0. The van der Waals surface area contributed by atoms with Crippen LogP contribution in [0.25, 0.3) is 33.3 Å². The van der Waals surface area contributed by atoms with E-state index >= 15 is 0 Å². The molecule has 0 saturated heterocycles. The zero-order valence-corrected chi connectivity index (χ0v) is 19.3. The molecular formula is C25H16BrN3O5. The predicted octanol–water partition coefficient (Wildman–Crippen LogP) is 4.32. The van der Waals surface area contributed by atoms with Crippen molar-refractivity contribution in [2.24, 2.45) is 0 Å². The Labute approximate surface area is 200 Å². The second kappa shape index (κ2) is 8.60. The van der Waals surface area contributed by atoms with E-state index in [-0.39, 0.29) is 11.4 Å². The number of nitrogens with one attached hydrogen (secondary N) is 1. The maximum Gasteiger partial charge on any atom is 0.349 e. The third-order valence-electron chi connectivity index (χ3n) is 5.26. The molecule has 0 aliphatic rings. The van der Waals surface area contributed by atoms with Gasteiger partial charge in [0, 0.05) is 15.4 Å². The van der Waals surface area contributed by atoms with Crippen LogP contribution in [0.4, 0.5) is 0 Å². The number of aromatic nitrogens is 2. The summed E-state index contributed by atoms with van der Waals surface area (Å²) in [4.78, 5) is 43.6. The van der Waals surface area contributed by atoms with E-state index in [1.807, 2.05) is 0 Å². The second-order valence-corrected chi connectivity index (χ2v) is 8.31. The molecule has 0 fully saturated rings. The fraction of sp³-hybridized carbons (Fsp3) is 0.0400. The van der Waals surface area contributed by atoms with Gasteiger partial charge in [-0.2, -0.15) is 4.68 Å². The topological polar surface area (TPSA) is 103 Å². The van der Waals surface area contributed by atoms with Crippen LogP contribution in [0.15, 0.2) is 91.3 Å². The first-order chi connectivity index (χ1) is 16.4. The van der Waals surface area contributed by atoms with Gasteiger partial charge in [-0.3, -0.25) is 15.0 Å². The van der Waals surface area contributed by atoms with E-state index in [2.05, 4.69) is 26.3 Å². The van der Waals surface area contributed by atoms with Crippen LogP contribution in [0.2, 0.25) is 0 Å². The van der Waals surface area contributed by atoms with Crippen molar-refractivity contribution in [3.63, 3.8) is 0 Å². The van der Waals surface area contributed by atoms with Gasteiger partial charge in [-0.25, -0.2) is 9.78 Å². The van der Waals surface area contributed by atoms with Crippen LogP contribution >= 0.6 is 15.9 Å². The van der Waals surface area contributed by atoms with E-state index in [1.54, 1.807) is 66.7 Å². The fourth-order valence-corrected chi connectivity index (χ4v) is 3.99. The largest absolute Gasteiger partial charge is 0.497 e. The molecule has 34 heavy (non-hydrogen) atoms. The number of hydrogen-bond donors (Lipinski definition) is 1. The summed E-state index contributed by atoms with van der Waals surface area (Å²) in [5.74, 6) is -0.0682. The Kier molecular flexibility index (Phi) is 5.46. The zero-order chi connectivity index (χ0) is 23.8. The van der Waals surface area contributed by atoms with Crippen LogP contribution in [0, 0.1) is 0 Å². The number of benzene rings is 3. The van der Waals surface area contributed by atoms with Crippen molar-refractivity contribution >= 4 is 43.7 Å². The van der Waals surface area contributed by atoms with Crippen molar-refractivity contribution in [2.45, 2.75) is 0 Å². The monoisotopic (exact) mass is 517 g/mol. The molecule has 9 heteroatoms. The van der Waals surface area contributed by atoms with Gasteiger partial charge in [0.1, 0.15) is 16.9 Å². The molecule has 0 radical (unpaired) electrons. The van der Waals surface area contributed by atoms with E-state index in [9.17, 15) is 14.4 Å². The van der Waals surface area contributed by atoms with Crippen molar-refractivity contribution < 1.29 is 13.9 Å². The highest BCUT2D eigenvalue weighted by atomic mass is 79.9. The van der Waals surface area contributed by atoms with E-state index in [4.69, 9.17) is 9.15 Å². The number of hydrogen-bond acceptors (Lipinski definition) is 6. The summed E-state index contributed by atoms with van der Waals surface area (Å²) in [7, 11) is 1.53. The molecule has 5 rings (SSSR count). The quantitative estimate of drug-likeness (QED) is 0.356. The van der Waals surface area contributed by atoms with Crippen LogP contribution in [-0.4, -0.2) is 22.7 Å². The molecule has 2 aromatic heterocycles. The summed E-state index contributed by atoms with van der Waals surface area (Å²) in [6.45, 7) is 0. The molecule has 0 aliphatic heterocycles. The van der Waals surface area contributed by atoms with Crippen molar-refractivity contribution in [2.75, 3.05) is 12.5 Å². The summed E-state index contributed by atoms with van der Waals surface area (Å²) < 4.78 is 12.4. The number of rotatable bonds is 4. The molecule has 168 valence electrons. The number of carbonyl (C=O) groups is 1. The van der Waals surface area contributed by atoms with Crippen molar-refractivity contribution in [1.29, 1.82) is 0 Å². The number of halogens is 1. The molecular weight excluding hydrogens is 502 g/mol. The minimum atomic E-state index is -0.822. The molecule has 0 spiro atoms. The van der Waals surface area contributed by atoms with E-state index in [0.717, 1.165) is 9.15 Å². The molecule has 0 atom stereocenters. The number of methoxy groups -OCH3 is 1. The molecule has 0 bridgehead atoms. The summed E-state index contributed by atoms with van der Waals surface area (Å²) in [5, 5.41) is 0.861. The summed E-state index contributed by atoms with van der Waals surface area (Å²) in [5.41, 5.74) is 2.31. The number of fused-ring (bicyclic) bond motifs is 2. The highest BCUT2D eigenvalue weighted by molar-refractivity contribution is 9.10. The van der Waals surface area contributed by atoms with E-state index < -0.39 is 17.1 Å². The summed E-state index contributed by atoms with van der Waals surface area (Å²) >= 11 is 3.36. The lowest BCUT2D eigenvalue weighted by atomic mass is 10.1. The van der Waals surface area contributed by atoms with Gasteiger partial charge in [0.15, 0.2) is 5.82 Å². The van der Waals surface area contributed by atoms with Crippen molar-refractivity contribution in [3.8, 4) is 17.1 Å². The van der Waals surface area contributed by atoms with Crippen molar-refractivity contribution in [1.82, 2.24) is 9.66 Å². The van der Waals surface area contributed by atoms with Gasteiger partial charge < -0.3 is 9.15 Å². The van der Waals surface area contributed by atoms with Crippen molar-refractivity contribution in [3.05, 3.63) is 104 Å². The third kappa shape index (κ3) is 3.86. The standard InChI is InChI=1S/C25H16BrN3O5/c1-33-17-6-4-5-14(12-17)22-27-20-8-3-2-7-18(20)24(31)29(22)28-23(30)19-13-15-11-16(26)9-10-21(15)34-25(19)32/h2-13H,1H3,(H,28,30). The lowest BCUT2D eigenvalue weighted by molar-refractivity contribution is 0.100. The first kappa shape index (κ1) is 21.6. The van der Waals surface area contributed by atoms with Crippen LogP contribution in [-0.2, 0) is 0 Å². The lowest BCUT2D eigenvalue weighted by Crippen LogP contribution is -2.36. The highest BCUT2D eigenvalue weighted by Crippen LogP contribution is 2.23. The number of carbonyl (C=O) groups excluding carboxylic acids is 1. The number of nitrogens with zero attached hydrogens (tertiary/aromatic N) is 2. The second-order valence-electron chi connectivity index (χ2n) is 7.40. The van der Waals surface area contributed by atoms with Gasteiger partial charge in [-0.05, 0) is 48.5 Å². The number of para-hydroxylation sites is 1. The van der Waals surface area contributed by atoms with E-state index in [0.29, 0.717) is 33.2 Å². The summed E-state index contributed by atoms with van der Waals surface area (Å²) in [6, 6.07) is 20.2. The highest BCUT2D eigenvalue weighted by Gasteiger charge is 2.19. The molecule has 0 saturated carbocycles. The Bertz CT molecular complexity index is 1710. The Hall–Kier alpha value is -4.24. The number of amides is 1. The molecule has 1 N–H and O–H groups in total. The van der Waals surface area contributed by atoms with Gasteiger partial charge in [0.25, 0.3) is 11.5 Å². The van der Waals surface area contributed by atoms with Gasteiger partial charge in [-0.15, -0.1) is 0 Å².